The number of hydrogen-bond donors (Lipinski definition) is 2. The highest BCUT2D eigenvalue weighted by molar-refractivity contribution is 7.10. The Morgan fingerprint density at radius 2 is 2.25 bits per heavy atom. The predicted molar refractivity (Wildman–Crippen MR) is 79.4 cm³/mol. The summed E-state index contributed by atoms with van der Waals surface area (Å²) < 4.78 is 5.18. The molecule has 5 heteroatoms. The van der Waals surface area contributed by atoms with Crippen molar-refractivity contribution >= 4 is 17.2 Å². The van der Waals surface area contributed by atoms with Gasteiger partial charge >= 0.3 is 0 Å². The minimum atomic E-state index is -0.232. The van der Waals surface area contributed by atoms with Crippen LogP contribution in [0.4, 0.5) is 0 Å². The average molecular weight is 288 g/mol. The van der Waals surface area contributed by atoms with Gasteiger partial charge in [0.25, 0.3) is 5.91 Å². The van der Waals surface area contributed by atoms with E-state index in [-0.39, 0.29) is 11.9 Å². The third-order valence-electron chi connectivity index (χ3n) is 3.56. The summed E-state index contributed by atoms with van der Waals surface area (Å²) in [6.45, 7) is 0.708. The predicted octanol–water partition coefficient (Wildman–Crippen LogP) is 2.09. The number of methoxy groups -OCH3 is 1. The van der Waals surface area contributed by atoms with Crippen LogP contribution >= 0.6 is 11.3 Å². The number of ether oxygens (including phenoxy) is 1. The Balaban J connectivity index is 1.93. The Morgan fingerprint density at radius 1 is 1.40 bits per heavy atom. The van der Waals surface area contributed by atoms with Crippen LogP contribution in [0.5, 0.6) is 5.75 Å². The smallest absolute Gasteiger partial charge is 0.251 e. The molecule has 1 aliphatic rings. The van der Waals surface area contributed by atoms with Gasteiger partial charge in [-0.05, 0) is 29.7 Å². The number of fused-ring (bicyclic) bond motifs is 1. The van der Waals surface area contributed by atoms with E-state index >= 15 is 0 Å². The summed E-state index contributed by atoms with van der Waals surface area (Å²) in [5, 5.41) is 4.79. The van der Waals surface area contributed by atoms with Gasteiger partial charge in [0, 0.05) is 22.4 Å². The molecule has 0 aliphatic carbocycles. The summed E-state index contributed by atoms with van der Waals surface area (Å²) in [6.07, 6.45) is 0.878. The molecule has 0 saturated heterocycles. The minimum Gasteiger partial charge on any atom is -0.496 e. The molecule has 0 spiro atoms. The highest BCUT2D eigenvalue weighted by Gasteiger charge is 2.19. The van der Waals surface area contributed by atoms with Gasteiger partial charge in [-0.1, -0.05) is 12.1 Å². The van der Waals surface area contributed by atoms with Crippen LogP contribution in [0.3, 0.4) is 0 Å². The molecule has 4 nitrogen and oxygen atoms in total. The monoisotopic (exact) mass is 288 g/mol. The lowest BCUT2D eigenvalue weighted by Crippen LogP contribution is -2.32. The molecule has 2 aromatic rings. The van der Waals surface area contributed by atoms with Gasteiger partial charge < -0.3 is 15.8 Å². The lowest BCUT2D eigenvalue weighted by Gasteiger charge is -2.19. The molecule has 3 rings (SSSR count). The van der Waals surface area contributed by atoms with E-state index < -0.39 is 0 Å². The molecule has 104 valence electrons. The number of rotatable bonds is 3. The van der Waals surface area contributed by atoms with E-state index in [1.165, 1.54) is 0 Å². The Kier molecular flexibility index (Phi) is 3.46. The maximum Gasteiger partial charge on any atom is 0.251 e. The SMILES string of the molecule is COc1csc(C(N)c2ccc3c(c2)C(=O)NCC3)c1. The summed E-state index contributed by atoms with van der Waals surface area (Å²) in [6, 6.07) is 7.63. The topological polar surface area (TPSA) is 64.3 Å². The van der Waals surface area contributed by atoms with Gasteiger partial charge in [0.05, 0.1) is 13.2 Å². The van der Waals surface area contributed by atoms with Crippen LogP contribution in [-0.2, 0) is 6.42 Å². The van der Waals surface area contributed by atoms with Gasteiger partial charge in [-0.25, -0.2) is 0 Å². The molecule has 0 radical (unpaired) electrons. The van der Waals surface area contributed by atoms with E-state index in [9.17, 15) is 4.79 Å². The van der Waals surface area contributed by atoms with Crippen LogP contribution in [0.1, 0.15) is 32.4 Å². The number of amides is 1. The second-order valence-corrected chi connectivity index (χ2v) is 5.73. The largest absolute Gasteiger partial charge is 0.496 e. The Hall–Kier alpha value is -1.85. The van der Waals surface area contributed by atoms with Crippen molar-refractivity contribution in [2.45, 2.75) is 12.5 Å². The first-order valence-electron chi connectivity index (χ1n) is 6.48. The van der Waals surface area contributed by atoms with Crippen molar-refractivity contribution in [1.29, 1.82) is 0 Å². The van der Waals surface area contributed by atoms with Gasteiger partial charge in [0.1, 0.15) is 5.75 Å². The fourth-order valence-corrected chi connectivity index (χ4v) is 3.27. The van der Waals surface area contributed by atoms with E-state index in [2.05, 4.69) is 5.32 Å². The maximum absolute atomic E-state index is 11.9. The first-order valence-corrected chi connectivity index (χ1v) is 7.36. The van der Waals surface area contributed by atoms with Crippen molar-refractivity contribution in [2.24, 2.45) is 5.73 Å². The molecule has 0 fully saturated rings. The lowest BCUT2D eigenvalue weighted by molar-refractivity contribution is 0.0946. The third-order valence-corrected chi connectivity index (χ3v) is 4.55. The highest BCUT2D eigenvalue weighted by atomic mass is 32.1. The van der Waals surface area contributed by atoms with Crippen LogP contribution in [-0.4, -0.2) is 19.6 Å². The highest BCUT2D eigenvalue weighted by Crippen LogP contribution is 2.30. The van der Waals surface area contributed by atoms with Crippen LogP contribution < -0.4 is 15.8 Å². The van der Waals surface area contributed by atoms with Crippen molar-refractivity contribution in [3.05, 3.63) is 51.2 Å². The van der Waals surface area contributed by atoms with E-state index in [1.54, 1.807) is 18.4 Å². The molecule has 0 bridgehead atoms. The molecule has 1 amide bonds. The van der Waals surface area contributed by atoms with Gasteiger partial charge in [-0.3, -0.25) is 4.79 Å². The van der Waals surface area contributed by atoms with Crippen LogP contribution in [0.15, 0.2) is 29.6 Å². The summed E-state index contributed by atoms with van der Waals surface area (Å²) >= 11 is 1.56. The molecule has 1 atom stereocenters. The number of nitrogens with two attached hydrogens (primary N) is 1. The second-order valence-electron chi connectivity index (χ2n) is 4.79. The molecule has 1 aromatic heterocycles. The summed E-state index contributed by atoms with van der Waals surface area (Å²) in [5.41, 5.74) is 9.07. The fraction of sp³-hybridized carbons (Fsp3) is 0.267. The van der Waals surface area contributed by atoms with Gasteiger partial charge in [-0.2, -0.15) is 0 Å². The molecule has 1 unspecified atom stereocenters. The van der Waals surface area contributed by atoms with Crippen LogP contribution in [0.25, 0.3) is 0 Å². The van der Waals surface area contributed by atoms with Crippen LogP contribution in [0, 0.1) is 0 Å². The molecule has 2 heterocycles. The zero-order chi connectivity index (χ0) is 14.1. The van der Waals surface area contributed by atoms with E-state index in [0.29, 0.717) is 6.54 Å². The van der Waals surface area contributed by atoms with Crippen molar-refractivity contribution in [1.82, 2.24) is 5.32 Å². The quantitative estimate of drug-likeness (QED) is 0.909. The number of carbonyl (C=O) groups is 1. The number of nitrogens with one attached hydrogen (secondary N) is 1. The molecule has 0 saturated carbocycles. The maximum atomic E-state index is 11.9. The average Bonchev–Trinajstić information content (AvgIpc) is 2.95. The molecular weight excluding hydrogens is 272 g/mol. The summed E-state index contributed by atoms with van der Waals surface area (Å²) in [5.74, 6) is 0.806. The molecule has 20 heavy (non-hydrogen) atoms. The number of thiophene rings is 1. The van der Waals surface area contributed by atoms with Gasteiger partial charge in [-0.15, -0.1) is 11.3 Å². The molecule has 3 N–H and O–H groups in total. The zero-order valence-corrected chi connectivity index (χ0v) is 12.0. The lowest BCUT2D eigenvalue weighted by atomic mass is 9.95. The Morgan fingerprint density at radius 3 is 3.00 bits per heavy atom. The number of benzene rings is 1. The van der Waals surface area contributed by atoms with Crippen molar-refractivity contribution in [2.75, 3.05) is 13.7 Å². The van der Waals surface area contributed by atoms with Crippen molar-refractivity contribution in [3.8, 4) is 5.75 Å². The first kappa shape index (κ1) is 13.1. The Bertz CT molecular complexity index is 651. The Labute approximate surface area is 121 Å². The standard InChI is InChI=1S/C15H16N2O2S/c1-19-11-7-13(20-8-11)14(16)10-3-2-9-4-5-17-15(18)12(9)6-10/h2-3,6-8,14H,4-5,16H2,1H3,(H,17,18). The van der Waals surface area contributed by atoms with E-state index in [4.69, 9.17) is 10.5 Å². The minimum absolute atomic E-state index is 0.0101. The number of carbonyl (C=O) groups excluding carboxylic acids is 1. The molecule has 1 aliphatic heterocycles. The zero-order valence-electron chi connectivity index (χ0n) is 11.2. The van der Waals surface area contributed by atoms with Crippen molar-refractivity contribution < 1.29 is 9.53 Å². The molecule has 1 aromatic carbocycles. The third kappa shape index (κ3) is 2.30. The summed E-state index contributed by atoms with van der Waals surface area (Å²) in [4.78, 5) is 12.9. The van der Waals surface area contributed by atoms with Crippen molar-refractivity contribution in [3.63, 3.8) is 0 Å². The van der Waals surface area contributed by atoms with E-state index in [1.807, 2.05) is 29.6 Å². The first-order chi connectivity index (χ1) is 9.69. The normalized spacial score (nSPS) is 15.4. The van der Waals surface area contributed by atoms with Crippen LogP contribution in [0.2, 0.25) is 0 Å². The molecular formula is C15H16N2O2S. The van der Waals surface area contributed by atoms with E-state index in [0.717, 1.165) is 33.7 Å². The number of hydrogen-bond acceptors (Lipinski definition) is 4. The summed E-state index contributed by atoms with van der Waals surface area (Å²) in [7, 11) is 1.64. The second kappa shape index (κ2) is 5.26. The van der Waals surface area contributed by atoms with Gasteiger partial charge in [0.15, 0.2) is 0 Å². The van der Waals surface area contributed by atoms with Gasteiger partial charge in [0.2, 0.25) is 0 Å². The fourth-order valence-electron chi connectivity index (χ4n) is 2.39.